The summed E-state index contributed by atoms with van der Waals surface area (Å²) >= 11 is 0. The van der Waals surface area contributed by atoms with Gasteiger partial charge >= 0.3 is 0 Å². The number of anilines is 1. The van der Waals surface area contributed by atoms with Gasteiger partial charge < -0.3 is 10.3 Å². The number of nitrogens with zero attached hydrogens (tertiary/aromatic N) is 2. The van der Waals surface area contributed by atoms with Gasteiger partial charge in [-0.2, -0.15) is 0 Å². The van der Waals surface area contributed by atoms with E-state index < -0.39 is 0 Å². The molecule has 0 fully saturated rings. The lowest BCUT2D eigenvalue weighted by atomic mass is 9.96. The first-order chi connectivity index (χ1) is 8.51. The highest BCUT2D eigenvalue weighted by Crippen LogP contribution is 2.28. The first-order valence-electron chi connectivity index (χ1n) is 6.79. The van der Waals surface area contributed by atoms with E-state index in [2.05, 4.69) is 33.6 Å². The maximum Gasteiger partial charge on any atom is 0.127 e. The Morgan fingerprint density at radius 2 is 2.06 bits per heavy atom. The summed E-state index contributed by atoms with van der Waals surface area (Å²) in [7, 11) is 0. The van der Waals surface area contributed by atoms with Crippen LogP contribution in [0.5, 0.6) is 0 Å². The molecule has 0 aromatic carbocycles. The molecule has 3 nitrogen and oxygen atoms in total. The Morgan fingerprint density at radius 1 is 1.39 bits per heavy atom. The second-order valence-electron chi connectivity index (χ2n) is 5.37. The number of terminal acetylenes is 1. The van der Waals surface area contributed by atoms with Crippen LogP contribution in [-0.2, 0) is 13.0 Å². The van der Waals surface area contributed by atoms with Crippen LogP contribution in [0.3, 0.4) is 0 Å². The predicted octanol–water partition coefficient (Wildman–Crippen LogP) is 3.20. The molecule has 0 saturated heterocycles. The highest BCUT2D eigenvalue weighted by Gasteiger charge is 2.19. The summed E-state index contributed by atoms with van der Waals surface area (Å²) in [6.07, 6.45) is 8.49. The van der Waals surface area contributed by atoms with E-state index in [0.717, 1.165) is 36.6 Å². The molecule has 1 aromatic rings. The van der Waals surface area contributed by atoms with Gasteiger partial charge in [0.1, 0.15) is 11.6 Å². The van der Waals surface area contributed by atoms with Gasteiger partial charge in [-0.1, -0.05) is 33.6 Å². The molecule has 1 heterocycles. The molecule has 2 N–H and O–H groups in total. The van der Waals surface area contributed by atoms with Crippen molar-refractivity contribution < 1.29 is 0 Å². The highest BCUT2D eigenvalue weighted by atomic mass is 15.1. The number of aromatic nitrogens is 2. The second-order valence-corrected chi connectivity index (χ2v) is 5.37. The van der Waals surface area contributed by atoms with Crippen molar-refractivity contribution in [2.24, 2.45) is 5.92 Å². The number of nitrogens with two attached hydrogens (primary N) is 1. The molecule has 18 heavy (non-hydrogen) atoms. The Labute approximate surface area is 111 Å². The first kappa shape index (κ1) is 14.6. The van der Waals surface area contributed by atoms with Crippen molar-refractivity contribution in [3.63, 3.8) is 0 Å². The van der Waals surface area contributed by atoms with Crippen LogP contribution in [0.1, 0.15) is 58.0 Å². The fraction of sp³-hybridized carbons (Fsp3) is 0.667. The summed E-state index contributed by atoms with van der Waals surface area (Å²) in [5.41, 5.74) is 7.22. The molecule has 0 saturated carbocycles. The van der Waals surface area contributed by atoms with Crippen molar-refractivity contribution in [2.45, 2.75) is 59.4 Å². The zero-order valence-corrected chi connectivity index (χ0v) is 12.0. The number of rotatable bonds is 6. The normalized spacial score (nSPS) is 12.7. The highest BCUT2D eigenvalue weighted by molar-refractivity contribution is 5.41. The van der Waals surface area contributed by atoms with Crippen LogP contribution in [0.2, 0.25) is 0 Å². The van der Waals surface area contributed by atoms with Gasteiger partial charge in [0.2, 0.25) is 0 Å². The van der Waals surface area contributed by atoms with E-state index in [4.69, 9.17) is 17.1 Å². The molecule has 0 aliphatic carbocycles. The maximum atomic E-state index is 6.20. The molecule has 1 unspecified atom stereocenters. The van der Waals surface area contributed by atoms with Crippen LogP contribution in [0.15, 0.2) is 0 Å². The van der Waals surface area contributed by atoms with Crippen molar-refractivity contribution in [3.05, 3.63) is 11.5 Å². The van der Waals surface area contributed by atoms with E-state index >= 15 is 0 Å². The number of nitrogen functional groups attached to an aromatic ring is 1. The Bertz CT molecular complexity index is 424. The van der Waals surface area contributed by atoms with E-state index in [1.54, 1.807) is 0 Å². The van der Waals surface area contributed by atoms with Crippen molar-refractivity contribution >= 4 is 5.82 Å². The number of imidazole rings is 1. The van der Waals surface area contributed by atoms with Gasteiger partial charge in [-0.05, 0) is 18.8 Å². The zero-order valence-electron chi connectivity index (χ0n) is 12.0. The van der Waals surface area contributed by atoms with E-state index in [1.165, 1.54) is 0 Å². The predicted molar refractivity (Wildman–Crippen MR) is 77.3 cm³/mol. The van der Waals surface area contributed by atoms with Crippen LogP contribution in [0.4, 0.5) is 5.82 Å². The van der Waals surface area contributed by atoms with Crippen LogP contribution in [0.25, 0.3) is 0 Å². The maximum absolute atomic E-state index is 6.20. The van der Waals surface area contributed by atoms with E-state index in [-0.39, 0.29) is 0 Å². The molecule has 0 aliphatic heterocycles. The second kappa shape index (κ2) is 6.49. The summed E-state index contributed by atoms with van der Waals surface area (Å²) in [5.74, 6) is 5.47. The van der Waals surface area contributed by atoms with Crippen molar-refractivity contribution in [1.82, 2.24) is 9.55 Å². The van der Waals surface area contributed by atoms with Crippen molar-refractivity contribution in [2.75, 3.05) is 5.73 Å². The number of hydrogen-bond donors (Lipinski definition) is 1. The third-order valence-corrected chi connectivity index (χ3v) is 3.13. The Morgan fingerprint density at radius 3 is 2.56 bits per heavy atom. The topological polar surface area (TPSA) is 43.8 Å². The van der Waals surface area contributed by atoms with Gasteiger partial charge in [0.05, 0.1) is 12.2 Å². The molecule has 0 spiro atoms. The average molecular weight is 247 g/mol. The molecular formula is C15H25N3. The molecule has 3 heteroatoms. The lowest BCUT2D eigenvalue weighted by Gasteiger charge is -2.12. The summed E-state index contributed by atoms with van der Waals surface area (Å²) in [6, 6.07) is 0. The van der Waals surface area contributed by atoms with Gasteiger partial charge in [0.25, 0.3) is 0 Å². The molecule has 0 radical (unpaired) electrons. The molecule has 1 rings (SSSR count). The van der Waals surface area contributed by atoms with Gasteiger partial charge in [-0.15, -0.1) is 6.42 Å². The van der Waals surface area contributed by atoms with Gasteiger partial charge in [-0.25, -0.2) is 4.98 Å². The van der Waals surface area contributed by atoms with Crippen LogP contribution < -0.4 is 5.73 Å². The van der Waals surface area contributed by atoms with Crippen molar-refractivity contribution in [1.29, 1.82) is 0 Å². The lowest BCUT2D eigenvalue weighted by Crippen LogP contribution is -2.07. The number of aryl methyl sites for hydroxylation is 1. The zero-order chi connectivity index (χ0) is 13.7. The van der Waals surface area contributed by atoms with E-state index in [9.17, 15) is 0 Å². The third-order valence-electron chi connectivity index (χ3n) is 3.13. The SMILES string of the molecule is C#CCn1c(CCC)nc(C(C)CC(C)C)c1N. The molecule has 0 amide bonds. The van der Waals surface area contributed by atoms with E-state index in [1.807, 2.05) is 4.57 Å². The van der Waals surface area contributed by atoms with Gasteiger partial charge in [-0.3, -0.25) is 0 Å². The monoisotopic (exact) mass is 247 g/mol. The third kappa shape index (κ3) is 3.29. The minimum absolute atomic E-state index is 0.389. The van der Waals surface area contributed by atoms with Crippen molar-refractivity contribution in [3.8, 4) is 12.3 Å². The molecule has 100 valence electrons. The smallest absolute Gasteiger partial charge is 0.127 e. The molecular weight excluding hydrogens is 222 g/mol. The Balaban J connectivity index is 3.06. The summed E-state index contributed by atoms with van der Waals surface area (Å²) in [5, 5.41) is 0. The quantitative estimate of drug-likeness (QED) is 0.784. The fourth-order valence-electron chi connectivity index (χ4n) is 2.40. The summed E-state index contributed by atoms with van der Waals surface area (Å²) in [6.45, 7) is 9.29. The van der Waals surface area contributed by atoms with Crippen LogP contribution in [0, 0.1) is 18.3 Å². The lowest BCUT2D eigenvalue weighted by molar-refractivity contribution is 0.518. The summed E-state index contributed by atoms with van der Waals surface area (Å²) in [4.78, 5) is 4.71. The number of hydrogen-bond acceptors (Lipinski definition) is 2. The Hall–Kier alpha value is -1.43. The average Bonchev–Trinajstić information content (AvgIpc) is 2.58. The van der Waals surface area contributed by atoms with Crippen LogP contribution in [-0.4, -0.2) is 9.55 Å². The molecule has 1 aromatic heterocycles. The molecule has 0 aliphatic rings. The summed E-state index contributed by atoms with van der Waals surface area (Å²) < 4.78 is 1.98. The largest absolute Gasteiger partial charge is 0.384 e. The fourth-order valence-corrected chi connectivity index (χ4v) is 2.40. The van der Waals surface area contributed by atoms with Gasteiger partial charge in [0.15, 0.2) is 0 Å². The standard InChI is InChI=1S/C15H25N3/c1-6-8-13-17-14(12(5)10-11(3)4)15(16)18(13)9-7-2/h2,11-12H,6,8-10,16H2,1,3-5H3. The first-order valence-corrected chi connectivity index (χ1v) is 6.79. The molecule has 1 atom stereocenters. The minimum atomic E-state index is 0.389. The molecule has 0 bridgehead atoms. The van der Waals surface area contributed by atoms with Crippen LogP contribution >= 0.6 is 0 Å². The Kier molecular flexibility index (Phi) is 5.27. The van der Waals surface area contributed by atoms with E-state index in [0.29, 0.717) is 18.4 Å². The minimum Gasteiger partial charge on any atom is -0.384 e. The van der Waals surface area contributed by atoms with Gasteiger partial charge in [0, 0.05) is 12.3 Å².